The summed E-state index contributed by atoms with van der Waals surface area (Å²) in [5, 5.41) is -0.556. The van der Waals surface area contributed by atoms with Crippen molar-refractivity contribution in [2.24, 2.45) is 0 Å². The third kappa shape index (κ3) is 1.63. The zero-order valence-corrected chi connectivity index (χ0v) is 6.15. The molecule has 0 spiro atoms. The first-order valence-corrected chi connectivity index (χ1v) is 3.99. The van der Waals surface area contributed by atoms with E-state index in [9.17, 15) is 13.0 Å². The Kier molecular flexibility index (Phi) is 1.75. The third-order valence-corrected chi connectivity index (χ3v) is 1.84. The van der Waals surface area contributed by atoms with E-state index in [0.717, 1.165) is 6.20 Å². The molecule has 0 unspecified atom stereocenters. The van der Waals surface area contributed by atoms with Crippen LogP contribution in [-0.4, -0.2) is 18.0 Å². The summed E-state index contributed by atoms with van der Waals surface area (Å²) >= 11 is 0. The molecule has 0 aliphatic rings. The van der Waals surface area contributed by atoms with Gasteiger partial charge < -0.3 is 4.55 Å². The van der Waals surface area contributed by atoms with E-state index in [4.69, 9.17) is 5.84 Å². The lowest BCUT2D eigenvalue weighted by Gasteiger charge is -2.00. The van der Waals surface area contributed by atoms with Gasteiger partial charge in [-0.25, -0.2) is 14.3 Å². The lowest BCUT2D eigenvalue weighted by Crippen LogP contribution is -2.48. The summed E-state index contributed by atoms with van der Waals surface area (Å²) < 4.78 is 31.8. The van der Waals surface area contributed by atoms with Crippen molar-refractivity contribution in [1.82, 2.24) is 4.98 Å². The Morgan fingerprint density at radius 2 is 2.27 bits per heavy atom. The molecule has 0 fully saturated rings. The van der Waals surface area contributed by atoms with Gasteiger partial charge in [0.1, 0.15) is 6.20 Å². The van der Waals surface area contributed by atoms with Gasteiger partial charge in [0.15, 0.2) is 10.1 Å². The number of hydrogen-bond donors (Lipinski definition) is 1. The van der Waals surface area contributed by atoms with Crippen LogP contribution in [0.15, 0.2) is 23.6 Å². The lowest BCUT2D eigenvalue weighted by molar-refractivity contribution is -0.679. The van der Waals surface area contributed by atoms with E-state index in [1.165, 1.54) is 12.4 Å². The van der Waals surface area contributed by atoms with Gasteiger partial charge in [0, 0.05) is 0 Å². The third-order valence-electron chi connectivity index (χ3n) is 1.01. The van der Waals surface area contributed by atoms with Crippen molar-refractivity contribution in [2.45, 2.75) is 5.03 Å². The molecular formula is C4H5N3O3S. The monoisotopic (exact) mass is 175 g/mol. The molecule has 0 saturated carbocycles. The molecule has 0 bridgehead atoms. The normalized spacial score (nSPS) is 11.4. The molecule has 60 valence electrons. The smallest absolute Gasteiger partial charge is 0.331 e. The van der Waals surface area contributed by atoms with Gasteiger partial charge in [0.05, 0.1) is 6.20 Å². The Balaban J connectivity index is 3.37. The molecular weight excluding hydrogens is 170 g/mol. The number of rotatable bonds is 1. The van der Waals surface area contributed by atoms with Crippen LogP contribution >= 0.6 is 0 Å². The minimum atomic E-state index is -4.51. The van der Waals surface area contributed by atoms with Crippen molar-refractivity contribution in [3.8, 4) is 0 Å². The second kappa shape index (κ2) is 2.44. The molecule has 1 aromatic rings. The predicted octanol–water partition coefficient (Wildman–Crippen LogP) is -2.01. The second-order valence-corrected chi connectivity index (χ2v) is 3.10. The molecule has 0 aromatic carbocycles. The van der Waals surface area contributed by atoms with Gasteiger partial charge in [-0.05, 0) is 0 Å². The van der Waals surface area contributed by atoms with Crippen LogP contribution in [0, 0.1) is 0 Å². The first-order chi connectivity index (χ1) is 5.02. The van der Waals surface area contributed by atoms with Gasteiger partial charge in [-0.2, -0.15) is 0 Å². The highest BCUT2D eigenvalue weighted by Gasteiger charge is 2.13. The molecule has 6 nitrogen and oxygen atoms in total. The fourth-order valence-electron chi connectivity index (χ4n) is 0.551. The average Bonchev–Trinajstić information content (AvgIpc) is 1.86. The fraction of sp³-hybridized carbons (Fsp3) is 0. The summed E-state index contributed by atoms with van der Waals surface area (Å²) in [5.41, 5.74) is 0. The Bertz CT molecular complexity index is 361. The number of nitrogen functional groups attached to an aromatic ring is 1. The fourth-order valence-corrected chi connectivity index (χ4v) is 1.06. The van der Waals surface area contributed by atoms with Gasteiger partial charge in [0.25, 0.3) is 0 Å². The highest BCUT2D eigenvalue weighted by molar-refractivity contribution is 7.85. The van der Waals surface area contributed by atoms with Crippen LogP contribution in [0.1, 0.15) is 0 Å². The molecule has 0 aliphatic carbocycles. The van der Waals surface area contributed by atoms with E-state index in [2.05, 4.69) is 4.98 Å². The Hall–Kier alpha value is -1.21. The zero-order valence-electron chi connectivity index (χ0n) is 5.34. The number of nitrogens with two attached hydrogens (primary N) is 1. The first-order valence-electron chi connectivity index (χ1n) is 2.58. The second-order valence-electron chi connectivity index (χ2n) is 1.78. The molecule has 7 heteroatoms. The van der Waals surface area contributed by atoms with Crippen LogP contribution < -0.4 is 10.5 Å². The van der Waals surface area contributed by atoms with Crippen molar-refractivity contribution < 1.29 is 17.6 Å². The molecule has 2 N–H and O–H groups in total. The molecule has 11 heavy (non-hydrogen) atoms. The van der Waals surface area contributed by atoms with Crippen LogP contribution in [-0.2, 0) is 10.1 Å². The minimum absolute atomic E-state index is 0.556. The quantitative estimate of drug-likeness (QED) is 0.302. The van der Waals surface area contributed by atoms with E-state index in [1.54, 1.807) is 0 Å². The average molecular weight is 175 g/mol. The van der Waals surface area contributed by atoms with Crippen molar-refractivity contribution in [3.63, 3.8) is 0 Å². The van der Waals surface area contributed by atoms with Crippen LogP contribution in [0.3, 0.4) is 0 Å². The largest absolute Gasteiger partial charge is 0.739 e. The maximum atomic E-state index is 10.4. The van der Waals surface area contributed by atoms with Crippen LogP contribution in [0.5, 0.6) is 0 Å². The molecule has 0 atom stereocenters. The van der Waals surface area contributed by atoms with Crippen LogP contribution in [0.25, 0.3) is 0 Å². The summed E-state index contributed by atoms with van der Waals surface area (Å²) in [5.74, 6) is 5.10. The maximum Gasteiger partial charge on any atom is 0.331 e. The van der Waals surface area contributed by atoms with Crippen molar-refractivity contribution in [2.75, 3.05) is 5.84 Å². The topological polar surface area (TPSA) is 100.0 Å². The molecule has 0 saturated heterocycles. The van der Waals surface area contributed by atoms with Crippen LogP contribution in [0.4, 0.5) is 0 Å². The maximum absolute atomic E-state index is 10.4. The Labute approximate surface area is 63.0 Å². The van der Waals surface area contributed by atoms with Gasteiger partial charge in [-0.3, -0.25) is 4.98 Å². The van der Waals surface area contributed by atoms with E-state index in [0.29, 0.717) is 4.68 Å². The SMILES string of the molecule is N[n+]1ccncc1S(=O)(=O)[O-]. The highest BCUT2D eigenvalue weighted by atomic mass is 32.2. The van der Waals surface area contributed by atoms with Gasteiger partial charge in [-0.1, -0.05) is 4.68 Å². The molecule has 0 amide bonds. The zero-order chi connectivity index (χ0) is 8.48. The van der Waals surface area contributed by atoms with Crippen molar-refractivity contribution >= 4 is 10.1 Å². The van der Waals surface area contributed by atoms with Crippen molar-refractivity contribution in [1.29, 1.82) is 0 Å². The van der Waals surface area contributed by atoms with E-state index in [1.807, 2.05) is 0 Å². The summed E-state index contributed by atoms with van der Waals surface area (Å²) in [4.78, 5) is 3.43. The summed E-state index contributed by atoms with van der Waals surface area (Å²) in [6.07, 6.45) is 3.34. The summed E-state index contributed by atoms with van der Waals surface area (Å²) in [7, 11) is -4.51. The molecule has 1 aromatic heterocycles. The van der Waals surface area contributed by atoms with E-state index < -0.39 is 15.1 Å². The molecule has 0 radical (unpaired) electrons. The lowest BCUT2D eigenvalue weighted by atomic mass is 10.8. The van der Waals surface area contributed by atoms with Gasteiger partial charge in [-0.15, -0.1) is 0 Å². The summed E-state index contributed by atoms with van der Waals surface area (Å²) in [6.45, 7) is 0. The number of hydrogen-bond acceptors (Lipinski definition) is 5. The Morgan fingerprint density at radius 1 is 1.64 bits per heavy atom. The van der Waals surface area contributed by atoms with Gasteiger partial charge >= 0.3 is 5.03 Å². The number of aromatic nitrogens is 2. The molecule has 1 heterocycles. The standard InChI is InChI=1S/C4H5N3O3S/c5-7-2-1-6-3-4(7)11(8,9)10/h1-3H,(H2-,5,6,8,9,10). The molecule has 0 aliphatic heterocycles. The van der Waals surface area contributed by atoms with Crippen molar-refractivity contribution in [3.05, 3.63) is 18.6 Å². The highest BCUT2D eigenvalue weighted by Crippen LogP contribution is 1.95. The van der Waals surface area contributed by atoms with E-state index >= 15 is 0 Å². The van der Waals surface area contributed by atoms with Gasteiger partial charge in [0.2, 0.25) is 6.20 Å². The van der Waals surface area contributed by atoms with Crippen LogP contribution in [0.2, 0.25) is 0 Å². The first kappa shape index (κ1) is 7.89. The predicted molar refractivity (Wildman–Crippen MR) is 32.5 cm³/mol. The van der Waals surface area contributed by atoms with E-state index in [-0.39, 0.29) is 0 Å². The minimum Gasteiger partial charge on any atom is -0.739 e. The Morgan fingerprint density at radius 3 is 2.64 bits per heavy atom. The molecule has 1 rings (SSSR count). The summed E-state index contributed by atoms with van der Waals surface area (Å²) in [6, 6.07) is 0. The number of nitrogens with zero attached hydrogens (tertiary/aromatic N) is 2.